The van der Waals surface area contributed by atoms with Crippen molar-refractivity contribution in [1.82, 2.24) is 4.98 Å². The molecule has 0 saturated heterocycles. The van der Waals surface area contributed by atoms with Crippen LogP contribution in [0.1, 0.15) is 5.69 Å². The minimum atomic E-state index is -4.56. The topological polar surface area (TPSA) is 38.9 Å². The largest absolute Gasteiger partial charge is 0.433 e. The SMILES string of the molecule is Nc1cc(C(F)(F)F)nc2c(Cl)cc(Cl)cc12. The van der Waals surface area contributed by atoms with Gasteiger partial charge in [-0.25, -0.2) is 4.98 Å². The van der Waals surface area contributed by atoms with Crippen LogP contribution >= 0.6 is 23.2 Å². The van der Waals surface area contributed by atoms with Gasteiger partial charge >= 0.3 is 6.18 Å². The lowest BCUT2D eigenvalue weighted by molar-refractivity contribution is -0.140. The first-order valence-corrected chi connectivity index (χ1v) is 5.17. The number of anilines is 1. The smallest absolute Gasteiger partial charge is 0.398 e. The molecule has 0 aliphatic carbocycles. The summed E-state index contributed by atoms with van der Waals surface area (Å²) in [5, 5.41) is 0.622. The molecule has 1 aromatic carbocycles. The molecular formula is C10H5Cl2F3N2. The Kier molecular flexibility index (Phi) is 2.83. The van der Waals surface area contributed by atoms with Crippen LogP contribution in [-0.2, 0) is 6.18 Å². The van der Waals surface area contributed by atoms with E-state index in [0.29, 0.717) is 5.39 Å². The quantitative estimate of drug-likeness (QED) is 0.788. The first kappa shape index (κ1) is 12.3. The number of hydrogen-bond acceptors (Lipinski definition) is 2. The molecular weight excluding hydrogens is 276 g/mol. The van der Waals surface area contributed by atoms with Gasteiger partial charge in [0.15, 0.2) is 0 Å². The summed E-state index contributed by atoms with van der Waals surface area (Å²) in [6, 6.07) is 3.50. The molecule has 2 rings (SSSR count). The summed E-state index contributed by atoms with van der Waals surface area (Å²) >= 11 is 11.5. The first-order chi connectivity index (χ1) is 7.79. The standard InChI is InChI=1S/C10H5Cl2F3N2/c11-4-1-5-7(16)3-8(10(13,14)15)17-9(5)6(12)2-4/h1-3H,(H2,16,17). The van der Waals surface area contributed by atoms with E-state index in [1.54, 1.807) is 0 Å². The Morgan fingerprint density at radius 1 is 1.12 bits per heavy atom. The fourth-order valence-electron chi connectivity index (χ4n) is 1.42. The molecule has 90 valence electrons. The van der Waals surface area contributed by atoms with Gasteiger partial charge in [-0.3, -0.25) is 0 Å². The maximum Gasteiger partial charge on any atom is 0.433 e. The van der Waals surface area contributed by atoms with E-state index in [1.807, 2.05) is 0 Å². The van der Waals surface area contributed by atoms with Crippen LogP contribution in [0.2, 0.25) is 10.0 Å². The molecule has 7 heteroatoms. The number of pyridine rings is 1. The van der Waals surface area contributed by atoms with Crippen LogP contribution in [0, 0.1) is 0 Å². The molecule has 0 atom stereocenters. The van der Waals surface area contributed by atoms with Gasteiger partial charge in [-0.05, 0) is 18.2 Å². The predicted octanol–water partition coefficient (Wildman–Crippen LogP) is 4.14. The molecule has 0 spiro atoms. The molecule has 2 aromatic rings. The lowest BCUT2D eigenvalue weighted by atomic mass is 10.1. The van der Waals surface area contributed by atoms with Crippen molar-refractivity contribution in [2.75, 3.05) is 5.73 Å². The van der Waals surface area contributed by atoms with E-state index in [1.165, 1.54) is 12.1 Å². The second kappa shape index (κ2) is 3.92. The second-order valence-electron chi connectivity index (χ2n) is 3.38. The zero-order valence-corrected chi connectivity index (χ0v) is 9.66. The van der Waals surface area contributed by atoms with E-state index < -0.39 is 11.9 Å². The number of hydrogen-bond donors (Lipinski definition) is 1. The lowest BCUT2D eigenvalue weighted by Crippen LogP contribution is -2.09. The highest BCUT2D eigenvalue weighted by molar-refractivity contribution is 6.38. The average Bonchev–Trinajstić information content (AvgIpc) is 2.17. The van der Waals surface area contributed by atoms with Crippen molar-refractivity contribution in [3.05, 3.63) is 33.9 Å². The Morgan fingerprint density at radius 2 is 1.76 bits per heavy atom. The Bertz CT molecular complexity index is 596. The fourth-order valence-corrected chi connectivity index (χ4v) is 1.96. The molecule has 0 radical (unpaired) electrons. The highest BCUT2D eigenvalue weighted by Gasteiger charge is 2.33. The number of nitrogens with zero attached hydrogens (tertiary/aromatic N) is 1. The minimum absolute atomic E-state index is 0.0107. The average molecular weight is 281 g/mol. The summed E-state index contributed by atoms with van der Waals surface area (Å²) in [6.07, 6.45) is -4.56. The zero-order chi connectivity index (χ0) is 12.8. The molecule has 0 bridgehead atoms. The van der Waals surface area contributed by atoms with Gasteiger partial charge in [-0.2, -0.15) is 13.2 Å². The van der Waals surface area contributed by atoms with E-state index in [0.717, 1.165) is 6.07 Å². The Hall–Kier alpha value is -1.20. The number of rotatable bonds is 0. The van der Waals surface area contributed by atoms with Crippen LogP contribution in [0.5, 0.6) is 0 Å². The summed E-state index contributed by atoms with van der Waals surface area (Å²) in [5.74, 6) is 0. The fraction of sp³-hybridized carbons (Fsp3) is 0.100. The van der Waals surface area contributed by atoms with Crippen LogP contribution in [0.3, 0.4) is 0 Å². The number of alkyl halides is 3. The molecule has 2 nitrogen and oxygen atoms in total. The number of fused-ring (bicyclic) bond motifs is 1. The van der Waals surface area contributed by atoms with Gasteiger partial charge in [0.1, 0.15) is 5.69 Å². The number of benzene rings is 1. The first-order valence-electron chi connectivity index (χ1n) is 4.41. The summed E-state index contributed by atoms with van der Waals surface area (Å²) in [6.45, 7) is 0. The summed E-state index contributed by atoms with van der Waals surface area (Å²) < 4.78 is 37.6. The van der Waals surface area contributed by atoms with Crippen molar-refractivity contribution in [3.8, 4) is 0 Å². The van der Waals surface area contributed by atoms with E-state index >= 15 is 0 Å². The third kappa shape index (κ3) is 2.25. The summed E-state index contributed by atoms with van der Waals surface area (Å²) in [4.78, 5) is 3.45. The molecule has 0 aliphatic rings. The normalized spacial score (nSPS) is 12.1. The third-order valence-electron chi connectivity index (χ3n) is 2.15. The Labute approximate surface area is 104 Å². The second-order valence-corrected chi connectivity index (χ2v) is 4.22. The highest BCUT2D eigenvalue weighted by Crippen LogP contribution is 2.35. The van der Waals surface area contributed by atoms with Gasteiger partial charge in [-0.1, -0.05) is 23.2 Å². The molecule has 1 aromatic heterocycles. The van der Waals surface area contributed by atoms with Gasteiger partial charge in [0.25, 0.3) is 0 Å². The van der Waals surface area contributed by atoms with Crippen molar-refractivity contribution in [1.29, 1.82) is 0 Å². The van der Waals surface area contributed by atoms with Gasteiger partial charge in [0.05, 0.1) is 10.5 Å². The van der Waals surface area contributed by atoms with E-state index in [2.05, 4.69) is 4.98 Å². The zero-order valence-electron chi connectivity index (χ0n) is 8.15. The maximum absolute atomic E-state index is 12.5. The Morgan fingerprint density at radius 3 is 2.35 bits per heavy atom. The van der Waals surface area contributed by atoms with Crippen molar-refractivity contribution in [2.45, 2.75) is 6.18 Å². The molecule has 0 aliphatic heterocycles. The molecule has 0 amide bonds. The molecule has 0 fully saturated rings. The number of aromatic nitrogens is 1. The monoisotopic (exact) mass is 280 g/mol. The molecule has 17 heavy (non-hydrogen) atoms. The van der Waals surface area contributed by atoms with Crippen LogP contribution < -0.4 is 5.73 Å². The van der Waals surface area contributed by atoms with Crippen molar-refractivity contribution in [3.63, 3.8) is 0 Å². The van der Waals surface area contributed by atoms with Crippen molar-refractivity contribution >= 4 is 39.8 Å². The Balaban J connectivity index is 2.83. The van der Waals surface area contributed by atoms with E-state index in [4.69, 9.17) is 28.9 Å². The van der Waals surface area contributed by atoms with Gasteiger partial charge < -0.3 is 5.73 Å². The minimum Gasteiger partial charge on any atom is -0.398 e. The van der Waals surface area contributed by atoms with Crippen LogP contribution in [-0.4, -0.2) is 4.98 Å². The van der Waals surface area contributed by atoms with E-state index in [9.17, 15) is 13.2 Å². The van der Waals surface area contributed by atoms with Crippen molar-refractivity contribution in [2.24, 2.45) is 0 Å². The van der Waals surface area contributed by atoms with Gasteiger partial charge in [0.2, 0.25) is 0 Å². The highest BCUT2D eigenvalue weighted by atomic mass is 35.5. The summed E-state index contributed by atoms with van der Waals surface area (Å²) in [7, 11) is 0. The predicted molar refractivity (Wildman–Crippen MR) is 61.2 cm³/mol. The summed E-state index contributed by atoms with van der Waals surface area (Å²) in [5.41, 5.74) is 4.38. The molecule has 0 saturated carbocycles. The number of nitrogen functional groups attached to an aromatic ring is 1. The third-order valence-corrected chi connectivity index (χ3v) is 2.66. The maximum atomic E-state index is 12.5. The number of nitrogens with two attached hydrogens (primary N) is 1. The molecule has 2 N–H and O–H groups in total. The van der Waals surface area contributed by atoms with Crippen LogP contribution in [0.4, 0.5) is 18.9 Å². The van der Waals surface area contributed by atoms with Gasteiger partial charge in [-0.15, -0.1) is 0 Å². The van der Waals surface area contributed by atoms with Gasteiger partial charge in [0, 0.05) is 16.1 Å². The van der Waals surface area contributed by atoms with Crippen molar-refractivity contribution < 1.29 is 13.2 Å². The van der Waals surface area contributed by atoms with E-state index in [-0.39, 0.29) is 21.2 Å². The van der Waals surface area contributed by atoms with Crippen LogP contribution in [0.15, 0.2) is 18.2 Å². The molecule has 0 unspecified atom stereocenters. The number of halogens is 5. The lowest BCUT2D eigenvalue weighted by Gasteiger charge is -2.10. The van der Waals surface area contributed by atoms with Crippen LogP contribution in [0.25, 0.3) is 10.9 Å². The molecule has 1 heterocycles.